The van der Waals surface area contributed by atoms with E-state index in [4.69, 9.17) is 16.9 Å². The Labute approximate surface area is 109 Å². The maximum absolute atomic E-state index is 8.92. The Bertz CT molecular complexity index is 768. The number of benzene rings is 1. The van der Waals surface area contributed by atoms with Crippen LogP contribution in [0.5, 0.6) is 0 Å². The molecule has 0 atom stereocenters. The average molecular weight is 254 g/mol. The highest BCUT2D eigenvalue weighted by molar-refractivity contribution is 6.33. The summed E-state index contributed by atoms with van der Waals surface area (Å²) in [7, 11) is 0. The summed E-state index contributed by atoms with van der Waals surface area (Å²) in [5.41, 5.74) is 3.22. The van der Waals surface area contributed by atoms with Gasteiger partial charge in [0.15, 0.2) is 5.65 Å². The maximum atomic E-state index is 8.92. The van der Waals surface area contributed by atoms with Crippen molar-refractivity contribution in [1.29, 1.82) is 5.26 Å². The molecule has 18 heavy (non-hydrogen) atoms. The fourth-order valence-corrected chi connectivity index (χ4v) is 2.15. The molecule has 0 fully saturated rings. The summed E-state index contributed by atoms with van der Waals surface area (Å²) in [6.07, 6.45) is 3.67. The van der Waals surface area contributed by atoms with Gasteiger partial charge in [-0.15, -0.1) is 0 Å². The number of fused-ring (bicyclic) bond motifs is 1. The van der Waals surface area contributed by atoms with Gasteiger partial charge in [-0.3, -0.25) is 4.40 Å². The van der Waals surface area contributed by atoms with Gasteiger partial charge >= 0.3 is 0 Å². The number of aromatic nitrogens is 2. The van der Waals surface area contributed by atoms with Crippen LogP contribution in [0.15, 0.2) is 48.8 Å². The van der Waals surface area contributed by atoms with Crippen molar-refractivity contribution in [1.82, 2.24) is 9.38 Å². The summed E-state index contributed by atoms with van der Waals surface area (Å²) in [5, 5.41) is 9.53. The van der Waals surface area contributed by atoms with Gasteiger partial charge in [-0.25, -0.2) is 4.98 Å². The van der Waals surface area contributed by atoms with Crippen LogP contribution in [-0.4, -0.2) is 9.38 Å². The monoisotopic (exact) mass is 253 g/mol. The first-order valence-corrected chi connectivity index (χ1v) is 5.79. The van der Waals surface area contributed by atoms with Crippen molar-refractivity contribution < 1.29 is 0 Å². The van der Waals surface area contributed by atoms with Crippen molar-refractivity contribution in [3.63, 3.8) is 0 Å². The van der Waals surface area contributed by atoms with Crippen molar-refractivity contribution in [2.75, 3.05) is 0 Å². The minimum atomic E-state index is 0.611. The van der Waals surface area contributed by atoms with E-state index in [9.17, 15) is 0 Å². The molecule has 0 aliphatic heterocycles. The third-order valence-corrected chi connectivity index (χ3v) is 3.07. The Morgan fingerprint density at radius 2 is 2.11 bits per heavy atom. The highest BCUT2D eigenvalue weighted by atomic mass is 35.5. The van der Waals surface area contributed by atoms with E-state index in [2.05, 4.69) is 11.1 Å². The summed E-state index contributed by atoms with van der Waals surface area (Å²) in [5.74, 6) is 0. The van der Waals surface area contributed by atoms with Gasteiger partial charge in [0.1, 0.15) is 0 Å². The second-order valence-corrected chi connectivity index (χ2v) is 4.29. The summed E-state index contributed by atoms with van der Waals surface area (Å²) in [4.78, 5) is 4.30. The molecule has 2 heterocycles. The van der Waals surface area contributed by atoms with Gasteiger partial charge < -0.3 is 0 Å². The standard InChI is InChI=1S/C14H8ClN3/c15-12-5-2-6-18-13(9-17-14(12)18)11-4-1-3-10(7-11)8-16/h1-7,9H. The van der Waals surface area contributed by atoms with Crippen LogP contribution >= 0.6 is 11.6 Å². The molecule has 0 radical (unpaired) electrons. The molecule has 4 heteroatoms. The van der Waals surface area contributed by atoms with Crippen molar-refractivity contribution in [2.45, 2.75) is 0 Å². The fourth-order valence-electron chi connectivity index (χ4n) is 1.94. The third kappa shape index (κ3) is 1.64. The highest BCUT2D eigenvalue weighted by Gasteiger charge is 2.08. The Kier molecular flexibility index (Phi) is 2.51. The van der Waals surface area contributed by atoms with Gasteiger partial charge in [-0.05, 0) is 24.3 Å². The van der Waals surface area contributed by atoms with Gasteiger partial charge in [0.05, 0.1) is 28.5 Å². The van der Waals surface area contributed by atoms with Crippen molar-refractivity contribution in [3.05, 3.63) is 59.4 Å². The zero-order valence-electron chi connectivity index (χ0n) is 9.34. The zero-order chi connectivity index (χ0) is 12.5. The molecule has 0 amide bonds. The quantitative estimate of drug-likeness (QED) is 0.666. The van der Waals surface area contributed by atoms with E-state index in [1.807, 2.05) is 34.9 Å². The molecule has 3 rings (SSSR count). The van der Waals surface area contributed by atoms with Gasteiger partial charge in [-0.2, -0.15) is 5.26 Å². The molecule has 1 aromatic carbocycles. The Morgan fingerprint density at radius 1 is 1.22 bits per heavy atom. The molecule has 0 unspecified atom stereocenters. The third-order valence-electron chi connectivity index (χ3n) is 2.78. The molecule has 0 saturated carbocycles. The lowest BCUT2D eigenvalue weighted by molar-refractivity contribution is 1.19. The number of hydrogen-bond donors (Lipinski definition) is 0. The fraction of sp³-hybridized carbons (Fsp3) is 0. The molecule has 3 aromatic rings. The molecular formula is C14H8ClN3. The normalized spacial score (nSPS) is 10.4. The molecule has 0 saturated heterocycles. The van der Waals surface area contributed by atoms with Crippen LogP contribution < -0.4 is 0 Å². The molecule has 86 valence electrons. The first-order valence-electron chi connectivity index (χ1n) is 5.42. The maximum Gasteiger partial charge on any atom is 0.156 e. The van der Waals surface area contributed by atoms with E-state index in [-0.39, 0.29) is 0 Å². The highest BCUT2D eigenvalue weighted by Crippen LogP contribution is 2.24. The molecule has 0 N–H and O–H groups in total. The topological polar surface area (TPSA) is 41.1 Å². The van der Waals surface area contributed by atoms with E-state index < -0.39 is 0 Å². The lowest BCUT2D eigenvalue weighted by Crippen LogP contribution is -1.88. The van der Waals surface area contributed by atoms with Gasteiger partial charge in [0.25, 0.3) is 0 Å². The summed E-state index contributed by atoms with van der Waals surface area (Å²) in [6.45, 7) is 0. The van der Waals surface area contributed by atoms with E-state index in [0.29, 0.717) is 10.6 Å². The number of hydrogen-bond acceptors (Lipinski definition) is 2. The number of halogens is 1. The van der Waals surface area contributed by atoms with Crippen LogP contribution in [0.25, 0.3) is 16.9 Å². The number of nitrogens with zero attached hydrogens (tertiary/aromatic N) is 3. The minimum Gasteiger partial charge on any atom is -0.298 e. The van der Waals surface area contributed by atoms with Crippen molar-refractivity contribution in [2.24, 2.45) is 0 Å². The molecule has 0 aliphatic carbocycles. The van der Waals surface area contributed by atoms with E-state index in [1.54, 1.807) is 18.3 Å². The zero-order valence-corrected chi connectivity index (χ0v) is 10.1. The molecule has 2 aromatic heterocycles. The van der Waals surface area contributed by atoms with Crippen LogP contribution in [0.1, 0.15) is 5.56 Å². The van der Waals surface area contributed by atoms with Gasteiger partial charge in [0, 0.05) is 11.8 Å². The molecule has 0 aliphatic rings. The molecule has 3 nitrogen and oxygen atoms in total. The van der Waals surface area contributed by atoms with E-state index in [0.717, 1.165) is 16.9 Å². The smallest absolute Gasteiger partial charge is 0.156 e. The minimum absolute atomic E-state index is 0.611. The Hall–Kier alpha value is -2.31. The largest absolute Gasteiger partial charge is 0.298 e. The van der Waals surface area contributed by atoms with Gasteiger partial charge in [-0.1, -0.05) is 23.7 Å². The van der Waals surface area contributed by atoms with Gasteiger partial charge in [0.2, 0.25) is 0 Å². The second kappa shape index (κ2) is 4.17. The lowest BCUT2D eigenvalue weighted by Gasteiger charge is -2.02. The Morgan fingerprint density at radius 3 is 2.94 bits per heavy atom. The van der Waals surface area contributed by atoms with Crippen molar-refractivity contribution >= 4 is 17.2 Å². The van der Waals surface area contributed by atoms with Crippen molar-refractivity contribution in [3.8, 4) is 17.3 Å². The summed E-state index contributed by atoms with van der Waals surface area (Å²) < 4.78 is 1.92. The molecule has 0 bridgehead atoms. The number of pyridine rings is 1. The van der Waals surface area contributed by atoms with Crippen LogP contribution in [0, 0.1) is 11.3 Å². The van der Waals surface area contributed by atoms with Crippen LogP contribution in [0.2, 0.25) is 5.02 Å². The van der Waals surface area contributed by atoms with E-state index in [1.165, 1.54) is 0 Å². The van der Waals surface area contributed by atoms with Crippen LogP contribution in [-0.2, 0) is 0 Å². The molecule has 0 spiro atoms. The molecular weight excluding hydrogens is 246 g/mol. The van der Waals surface area contributed by atoms with Crippen LogP contribution in [0.4, 0.5) is 0 Å². The number of rotatable bonds is 1. The average Bonchev–Trinajstić information content (AvgIpc) is 2.84. The number of nitriles is 1. The number of imidazole rings is 1. The predicted molar refractivity (Wildman–Crippen MR) is 70.4 cm³/mol. The SMILES string of the molecule is N#Cc1cccc(-c2cnc3c(Cl)cccn23)c1. The second-order valence-electron chi connectivity index (χ2n) is 3.89. The summed E-state index contributed by atoms with van der Waals surface area (Å²) in [6, 6.07) is 13.2. The predicted octanol–water partition coefficient (Wildman–Crippen LogP) is 3.53. The first kappa shape index (κ1) is 10.8. The van der Waals surface area contributed by atoms with E-state index >= 15 is 0 Å². The van der Waals surface area contributed by atoms with Crippen LogP contribution in [0.3, 0.4) is 0 Å². The Balaban J connectivity index is 2.26. The first-order chi connectivity index (χ1) is 8.79. The summed E-state index contributed by atoms with van der Waals surface area (Å²) >= 11 is 6.08. The lowest BCUT2D eigenvalue weighted by atomic mass is 10.1.